The number of ether oxygens (including phenoxy) is 1. The van der Waals surface area contributed by atoms with Crippen LogP contribution in [0, 0.1) is 0 Å². The van der Waals surface area contributed by atoms with Crippen molar-refractivity contribution in [3.05, 3.63) is 35.9 Å². The Bertz CT molecular complexity index is 367. The molecule has 1 aliphatic rings. The Balaban J connectivity index is 0.00000162. The molecule has 2 rings (SSSR count). The highest BCUT2D eigenvalue weighted by Crippen LogP contribution is 2.12. The van der Waals surface area contributed by atoms with Crippen molar-refractivity contribution in [1.29, 1.82) is 0 Å². The molecule has 0 radical (unpaired) electrons. The van der Waals surface area contributed by atoms with Crippen molar-refractivity contribution in [1.82, 2.24) is 5.32 Å². The maximum absolute atomic E-state index is 11.8. The molecule has 0 bridgehead atoms. The number of nitrogens with one attached hydrogen (secondary N) is 1. The van der Waals surface area contributed by atoms with Crippen molar-refractivity contribution in [3.63, 3.8) is 0 Å². The lowest BCUT2D eigenvalue weighted by atomic mass is 10.1. The van der Waals surface area contributed by atoms with Gasteiger partial charge >= 0.3 is 0 Å². The molecular weight excluding hydrogens is 252 g/mol. The molecule has 1 amide bonds. The van der Waals surface area contributed by atoms with E-state index in [0.717, 1.165) is 25.0 Å². The van der Waals surface area contributed by atoms with Crippen LogP contribution in [0.3, 0.4) is 0 Å². The maximum atomic E-state index is 11.8. The first-order valence-corrected chi connectivity index (χ1v) is 5.97. The van der Waals surface area contributed by atoms with E-state index < -0.39 is 6.04 Å². The molecule has 1 aromatic rings. The quantitative estimate of drug-likeness (QED) is 0.869. The number of hydrogen-bond acceptors (Lipinski definition) is 3. The first-order chi connectivity index (χ1) is 8.27. The summed E-state index contributed by atoms with van der Waals surface area (Å²) >= 11 is 0. The monoisotopic (exact) mass is 270 g/mol. The van der Waals surface area contributed by atoms with E-state index >= 15 is 0 Å². The summed E-state index contributed by atoms with van der Waals surface area (Å²) in [5, 5.41) is 2.83. The van der Waals surface area contributed by atoms with Gasteiger partial charge in [-0.25, -0.2) is 0 Å². The SMILES string of the molecule is Cl.NC(C(=O)NCC1CCCO1)c1ccccc1. The lowest BCUT2D eigenvalue weighted by Crippen LogP contribution is -2.38. The van der Waals surface area contributed by atoms with Crippen LogP contribution in [0.2, 0.25) is 0 Å². The Hall–Kier alpha value is -1.10. The predicted octanol–water partition coefficient (Wildman–Crippen LogP) is 1.40. The summed E-state index contributed by atoms with van der Waals surface area (Å²) in [6, 6.07) is 8.77. The number of benzene rings is 1. The summed E-state index contributed by atoms with van der Waals surface area (Å²) in [7, 11) is 0. The van der Waals surface area contributed by atoms with Gasteiger partial charge in [0.05, 0.1) is 6.10 Å². The van der Waals surface area contributed by atoms with Crippen LogP contribution in [0.25, 0.3) is 0 Å². The van der Waals surface area contributed by atoms with Crippen molar-refractivity contribution < 1.29 is 9.53 Å². The Morgan fingerprint density at radius 1 is 1.44 bits per heavy atom. The summed E-state index contributed by atoms with van der Waals surface area (Å²) in [6.45, 7) is 1.35. The fourth-order valence-electron chi connectivity index (χ4n) is 1.94. The summed E-state index contributed by atoms with van der Waals surface area (Å²) < 4.78 is 5.43. The smallest absolute Gasteiger partial charge is 0.241 e. The van der Waals surface area contributed by atoms with Crippen LogP contribution < -0.4 is 11.1 Å². The molecule has 100 valence electrons. The van der Waals surface area contributed by atoms with Crippen molar-refractivity contribution in [2.75, 3.05) is 13.2 Å². The minimum atomic E-state index is -0.599. The number of carbonyl (C=O) groups excluding carboxylic acids is 1. The zero-order valence-electron chi connectivity index (χ0n) is 10.2. The topological polar surface area (TPSA) is 64.4 Å². The number of amides is 1. The molecule has 2 atom stereocenters. The molecular formula is C13H19ClN2O2. The normalized spacial score (nSPS) is 19.9. The van der Waals surface area contributed by atoms with E-state index in [2.05, 4.69) is 5.32 Å². The summed E-state index contributed by atoms with van der Waals surface area (Å²) in [5.41, 5.74) is 6.70. The Morgan fingerprint density at radius 2 is 2.17 bits per heavy atom. The first kappa shape index (κ1) is 15.0. The zero-order valence-corrected chi connectivity index (χ0v) is 11.0. The van der Waals surface area contributed by atoms with Crippen molar-refractivity contribution >= 4 is 18.3 Å². The molecule has 4 nitrogen and oxygen atoms in total. The first-order valence-electron chi connectivity index (χ1n) is 5.97. The molecule has 1 aliphatic heterocycles. The minimum absolute atomic E-state index is 0. The van der Waals surface area contributed by atoms with E-state index in [1.165, 1.54) is 0 Å². The third-order valence-electron chi connectivity index (χ3n) is 2.97. The lowest BCUT2D eigenvalue weighted by molar-refractivity contribution is -0.123. The third-order valence-corrected chi connectivity index (χ3v) is 2.97. The second-order valence-corrected chi connectivity index (χ2v) is 4.27. The van der Waals surface area contributed by atoms with Crippen LogP contribution in [-0.4, -0.2) is 25.2 Å². The average molecular weight is 271 g/mol. The lowest BCUT2D eigenvalue weighted by Gasteiger charge is -2.15. The van der Waals surface area contributed by atoms with Crippen LogP contribution >= 0.6 is 12.4 Å². The predicted molar refractivity (Wildman–Crippen MR) is 72.6 cm³/mol. The van der Waals surface area contributed by atoms with Gasteiger partial charge in [0.2, 0.25) is 5.91 Å². The second-order valence-electron chi connectivity index (χ2n) is 4.27. The van der Waals surface area contributed by atoms with Gasteiger partial charge < -0.3 is 15.8 Å². The standard InChI is InChI=1S/C13H18N2O2.ClH/c14-12(10-5-2-1-3-6-10)13(16)15-9-11-7-4-8-17-11;/h1-3,5-6,11-12H,4,7-9,14H2,(H,15,16);1H. The second kappa shape index (κ2) is 7.36. The zero-order chi connectivity index (χ0) is 12.1. The number of carbonyl (C=O) groups is 1. The summed E-state index contributed by atoms with van der Waals surface area (Å²) in [5.74, 6) is -0.147. The molecule has 1 aromatic carbocycles. The van der Waals surface area contributed by atoms with Crippen LogP contribution in [0.4, 0.5) is 0 Å². The fraction of sp³-hybridized carbons (Fsp3) is 0.462. The van der Waals surface area contributed by atoms with Gasteiger partial charge in [0.25, 0.3) is 0 Å². The van der Waals surface area contributed by atoms with Crippen LogP contribution in [0.1, 0.15) is 24.4 Å². The van der Waals surface area contributed by atoms with Gasteiger partial charge in [-0.05, 0) is 18.4 Å². The number of hydrogen-bond donors (Lipinski definition) is 2. The van der Waals surface area contributed by atoms with Gasteiger partial charge in [0, 0.05) is 13.2 Å². The summed E-state index contributed by atoms with van der Waals surface area (Å²) in [4.78, 5) is 11.8. The molecule has 0 spiro atoms. The molecule has 0 aromatic heterocycles. The van der Waals surface area contributed by atoms with Crippen LogP contribution in [0.15, 0.2) is 30.3 Å². The van der Waals surface area contributed by atoms with Gasteiger partial charge in [-0.3, -0.25) is 4.79 Å². The molecule has 1 fully saturated rings. The van der Waals surface area contributed by atoms with E-state index in [0.29, 0.717) is 6.54 Å². The molecule has 0 aliphatic carbocycles. The molecule has 1 heterocycles. The van der Waals surface area contributed by atoms with Crippen molar-refractivity contribution in [2.24, 2.45) is 5.73 Å². The molecule has 1 saturated heterocycles. The number of halogens is 1. The highest BCUT2D eigenvalue weighted by atomic mass is 35.5. The van der Waals surface area contributed by atoms with Gasteiger partial charge in [-0.2, -0.15) is 0 Å². The van der Waals surface area contributed by atoms with E-state index in [9.17, 15) is 4.79 Å². The molecule has 3 N–H and O–H groups in total. The van der Waals surface area contributed by atoms with Gasteiger partial charge in [-0.1, -0.05) is 30.3 Å². The Kier molecular flexibility index (Phi) is 6.12. The minimum Gasteiger partial charge on any atom is -0.376 e. The molecule has 18 heavy (non-hydrogen) atoms. The number of nitrogens with two attached hydrogens (primary N) is 1. The van der Waals surface area contributed by atoms with E-state index in [1.807, 2.05) is 30.3 Å². The van der Waals surface area contributed by atoms with E-state index in [-0.39, 0.29) is 24.4 Å². The number of rotatable bonds is 4. The summed E-state index contributed by atoms with van der Waals surface area (Å²) in [6.07, 6.45) is 2.24. The highest BCUT2D eigenvalue weighted by molar-refractivity contribution is 5.85. The largest absolute Gasteiger partial charge is 0.376 e. The van der Waals surface area contributed by atoms with Crippen LogP contribution in [0.5, 0.6) is 0 Å². The molecule has 0 saturated carbocycles. The van der Waals surface area contributed by atoms with Crippen molar-refractivity contribution in [2.45, 2.75) is 25.0 Å². The van der Waals surface area contributed by atoms with Crippen molar-refractivity contribution in [3.8, 4) is 0 Å². The van der Waals surface area contributed by atoms with Gasteiger partial charge in [-0.15, -0.1) is 12.4 Å². The fourth-order valence-corrected chi connectivity index (χ4v) is 1.94. The van der Waals surface area contributed by atoms with Gasteiger partial charge in [0.15, 0.2) is 0 Å². The molecule has 2 unspecified atom stereocenters. The highest BCUT2D eigenvalue weighted by Gasteiger charge is 2.19. The van der Waals surface area contributed by atoms with Gasteiger partial charge in [0.1, 0.15) is 6.04 Å². The molecule has 5 heteroatoms. The van der Waals surface area contributed by atoms with E-state index in [1.54, 1.807) is 0 Å². The Labute approximate surface area is 113 Å². The maximum Gasteiger partial charge on any atom is 0.241 e. The van der Waals surface area contributed by atoms with E-state index in [4.69, 9.17) is 10.5 Å². The third kappa shape index (κ3) is 3.98. The Morgan fingerprint density at radius 3 is 2.78 bits per heavy atom. The average Bonchev–Trinajstić information content (AvgIpc) is 2.89. The van der Waals surface area contributed by atoms with Crippen LogP contribution in [-0.2, 0) is 9.53 Å².